The number of aryl methyl sites for hydroxylation is 1. The van der Waals surface area contributed by atoms with E-state index < -0.39 is 5.97 Å². The zero-order valence-corrected chi connectivity index (χ0v) is 20.6. The largest absolute Gasteiger partial charge is 0.493 e. The van der Waals surface area contributed by atoms with Crippen molar-refractivity contribution in [1.29, 1.82) is 0 Å². The number of nitrogens with zero attached hydrogens (tertiary/aromatic N) is 1. The maximum Gasteiger partial charge on any atom is 0.363 e. The summed E-state index contributed by atoms with van der Waals surface area (Å²) in [5.74, 6) is 0.898. The average Bonchev–Trinajstić information content (AvgIpc) is 3.14. The number of esters is 1. The number of hydrogen-bond donors (Lipinski definition) is 0. The van der Waals surface area contributed by atoms with Gasteiger partial charge in [0.05, 0.1) is 11.6 Å². The van der Waals surface area contributed by atoms with Crippen molar-refractivity contribution in [2.75, 3.05) is 7.11 Å². The average molecular weight is 557 g/mol. The molecule has 32 heavy (non-hydrogen) atoms. The lowest BCUT2D eigenvalue weighted by Gasteiger charge is -2.14. The van der Waals surface area contributed by atoms with Crippen LogP contribution in [0.1, 0.15) is 22.3 Å². The number of rotatable bonds is 6. The van der Waals surface area contributed by atoms with E-state index in [-0.39, 0.29) is 11.6 Å². The van der Waals surface area contributed by atoms with Crippen LogP contribution in [0, 0.1) is 6.92 Å². The van der Waals surface area contributed by atoms with E-state index in [2.05, 4.69) is 36.9 Å². The van der Waals surface area contributed by atoms with Crippen molar-refractivity contribution >= 4 is 49.8 Å². The molecule has 3 aromatic carbocycles. The van der Waals surface area contributed by atoms with Crippen molar-refractivity contribution in [1.82, 2.24) is 0 Å². The van der Waals surface area contributed by atoms with Crippen molar-refractivity contribution in [3.05, 3.63) is 97.6 Å². The van der Waals surface area contributed by atoms with Crippen molar-refractivity contribution in [2.24, 2.45) is 4.99 Å². The van der Waals surface area contributed by atoms with Gasteiger partial charge in [-0.25, -0.2) is 9.79 Å². The third kappa shape index (κ3) is 4.95. The highest BCUT2D eigenvalue weighted by Gasteiger charge is 2.24. The Bertz CT molecular complexity index is 1250. The van der Waals surface area contributed by atoms with Crippen LogP contribution in [-0.2, 0) is 16.1 Å². The van der Waals surface area contributed by atoms with Gasteiger partial charge < -0.3 is 14.2 Å². The second kappa shape index (κ2) is 9.71. The summed E-state index contributed by atoms with van der Waals surface area (Å²) in [5, 5.41) is 0. The molecular formula is C25H19Br2NO4. The monoisotopic (exact) mass is 555 g/mol. The highest BCUT2D eigenvalue weighted by Crippen LogP contribution is 2.38. The molecule has 0 aliphatic carbocycles. The van der Waals surface area contributed by atoms with Crippen LogP contribution in [0.3, 0.4) is 0 Å². The molecule has 7 heteroatoms. The van der Waals surface area contributed by atoms with Gasteiger partial charge in [0, 0.05) is 10.0 Å². The normalized spacial score (nSPS) is 14.3. The number of hydrogen-bond acceptors (Lipinski definition) is 5. The molecule has 3 aromatic rings. The summed E-state index contributed by atoms with van der Waals surface area (Å²) in [5.41, 5.74) is 3.90. The van der Waals surface area contributed by atoms with Gasteiger partial charge in [-0.05, 0) is 76.0 Å². The summed E-state index contributed by atoms with van der Waals surface area (Å²) < 4.78 is 18.5. The van der Waals surface area contributed by atoms with E-state index in [4.69, 9.17) is 14.2 Å². The minimum atomic E-state index is -0.505. The molecule has 0 unspecified atom stereocenters. The van der Waals surface area contributed by atoms with Crippen LogP contribution in [0.5, 0.6) is 11.5 Å². The second-order valence-electron chi connectivity index (χ2n) is 7.10. The molecule has 1 aliphatic rings. The van der Waals surface area contributed by atoms with Crippen molar-refractivity contribution < 1.29 is 19.0 Å². The van der Waals surface area contributed by atoms with Crippen LogP contribution >= 0.6 is 31.9 Å². The van der Waals surface area contributed by atoms with Gasteiger partial charge in [0.25, 0.3) is 0 Å². The molecule has 0 spiro atoms. The predicted molar refractivity (Wildman–Crippen MR) is 131 cm³/mol. The summed E-state index contributed by atoms with van der Waals surface area (Å²) >= 11 is 6.97. The number of cyclic esters (lactones) is 1. The first-order valence-corrected chi connectivity index (χ1v) is 11.4. The number of carbonyl (C=O) groups excluding carboxylic acids is 1. The minimum absolute atomic E-state index is 0.211. The number of aliphatic imine (C=N–C) groups is 1. The summed E-state index contributed by atoms with van der Waals surface area (Å²) in [6.45, 7) is 2.46. The van der Waals surface area contributed by atoms with E-state index in [9.17, 15) is 4.79 Å². The van der Waals surface area contributed by atoms with E-state index in [1.165, 1.54) is 0 Å². The lowest BCUT2D eigenvalue weighted by Crippen LogP contribution is -2.05. The molecule has 0 aromatic heterocycles. The molecule has 1 heterocycles. The Balaban J connectivity index is 1.60. The maximum atomic E-state index is 12.4. The Labute approximate surface area is 203 Å². The second-order valence-corrected chi connectivity index (χ2v) is 8.87. The fourth-order valence-corrected chi connectivity index (χ4v) is 4.17. The Kier molecular flexibility index (Phi) is 6.77. The number of halogens is 2. The van der Waals surface area contributed by atoms with Gasteiger partial charge in [-0.15, -0.1) is 0 Å². The molecule has 162 valence electrons. The molecule has 0 saturated heterocycles. The molecule has 0 fully saturated rings. The number of ether oxygens (including phenoxy) is 3. The van der Waals surface area contributed by atoms with Crippen LogP contribution in [0.4, 0.5) is 0 Å². The van der Waals surface area contributed by atoms with Crippen LogP contribution < -0.4 is 9.47 Å². The van der Waals surface area contributed by atoms with Crippen molar-refractivity contribution in [3.8, 4) is 11.5 Å². The van der Waals surface area contributed by atoms with E-state index in [0.29, 0.717) is 22.6 Å². The van der Waals surface area contributed by atoms with Gasteiger partial charge in [0.15, 0.2) is 17.2 Å². The highest BCUT2D eigenvalue weighted by molar-refractivity contribution is 9.10. The Hall–Kier alpha value is -2.90. The molecule has 1 aliphatic heterocycles. The zero-order chi connectivity index (χ0) is 22.7. The smallest absolute Gasteiger partial charge is 0.363 e. The zero-order valence-electron chi connectivity index (χ0n) is 17.4. The van der Waals surface area contributed by atoms with Gasteiger partial charge in [-0.2, -0.15) is 0 Å². The molecular weight excluding hydrogens is 538 g/mol. The lowest BCUT2D eigenvalue weighted by molar-refractivity contribution is -0.129. The molecule has 4 rings (SSSR count). The standard InChI is InChI=1S/C25H19Br2NO4/c1-15-6-3-4-7-18(15)14-31-23-20(27)10-16(12-22(23)30-2)11-21-25(29)32-24(28-21)17-8-5-9-19(26)13-17/h3-13H,14H2,1-2H3/b21-11+. The maximum absolute atomic E-state index is 12.4. The number of methoxy groups -OCH3 is 1. The van der Waals surface area contributed by atoms with E-state index in [0.717, 1.165) is 26.7 Å². The van der Waals surface area contributed by atoms with Crippen LogP contribution in [0.2, 0.25) is 0 Å². The Morgan fingerprint density at radius 1 is 1.06 bits per heavy atom. The van der Waals surface area contributed by atoms with Gasteiger partial charge in [0.2, 0.25) is 5.90 Å². The van der Waals surface area contributed by atoms with E-state index in [1.54, 1.807) is 19.3 Å². The highest BCUT2D eigenvalue weighted by atomic mass is 79.9. The molecule has 0 saturated carbocycles. The molecule has 0 bridgehead atoms. The van der Waals surface area contributed by atoms with Crippen molar-refractivity contribution in [2.45, 2.75) is 13.5 Å². The van der Waals surface area contributed by atoms with Gasteiger partial charge in [-0.3, -0.25) is 0 Å². The number of benzene rings is 3. The van der Waals surface area contributed by atoms with Crippen LogP contribution in [0.25, 0.3) is 6.08 Å². The summed E-state index contributed by atoms with van der Waals surface area (Å²) in [4.78, 5) is 16.7. The van der Waals surface area contributed by atoms with Gasteiger partial charge in [-0.1, -0.05) is 46.3 Å². The van der Waals surface area contributed by atoms with Gasteiger partial charge in [0.1, 0.15) is 6.61 Å². The van der Waals surface area contributed by atoms with Crippen molar-refractivity contribution in [3.63, 3.8) is 0 Å². The first-order chi connectivity index (χ1) is 15.4. The fourth-order valence-electron chi connectivity index (χ4n) is 3.20. The first-order valence-electron chi connectivity index (χ1n) is 9.78. The molecule has 0 atom stereocenters. The SMILES string of the molecule is COc1cc(/C=C2/N=C(c3cccc(Br)c3)OC2=O)cc(Br)c1OCc1ccccc1C. The Morgan fingerprint density at radius 2 is 1.88 bits per heavy atom. The fraction of sp³-hybridized carbons (Fsp3) is 0.120. The summed E-state index contributed by atoms with van der Waals surface area (Å²) in [6.07, 6.45) is 1.66. The predicted octanol–water partition coefficient (Wildman–Crippen LogP) is 6.45. The quantitative estimate of drug-likeness (QED) is 0.258. The van der Waals surface area contributed by atoms with E-state index in [1.807, 2.05) is 61.5 Å². The third-order valence-corrected chi connectivity index (χ3v) is 5.96. The molecule has 5 nitrogen and oxygen atoms in total. The minimum Gasteiger partial charge on any atom is -0.493 e. The third-order valence-electron chi connectivity index (χ3n) is 4.88. The molecule has 0 N–H and O–H groups in total. The van der Waals surface area contributed by atoms with E-state index >= 15 is 0 Å². The topological polar surface area (TPSA) is 57.1 Å². The summed E-state index contributed by atoms with van der Waals surface area (Å²) in [6, 6.07) is 19.1. The van der Waals surface area contributed by atoms with Crippen LogP contribution in [-0.4, -0.2) is 19.0 Å². The van der Waals surface area contributed by atoms with Crippen LogP contribution in [0.15, 0.2) is 80.3 Å². The number of carbonyl (C=O) groups is 1. The molecule has 0 amide bonds. The lowest BCUT2D eigenvalue weighted by atomic mass is 10.1. The Morgan fingerprint density at radius 3 is 2.62 bits per heavy atom. The molecule has 0 radical (unpaired) electrons. The first kappa shape index (κ1) is 22.3. The summed E-state index contributed by atoms with van der Waals surface area (Å²) in [7, 11) is 1.58. The van der Waals surface area contributed by atoms with Gasteiger partial charge >= 0.3 is 5.97 Å².